The van der Waals surface area contributed by atoms with Gasteiger partial charge in [-0.05, 0) is 173 Å². The summed E-state index contributed by atoms with van der Waals surface area (Å²) in [6.07, 6.45) is 20.3. The minimum atomic E-state index is -0.890. The molecule has 6 saturated carbocycles. The number of carbonyl (C=O) groups excluding carboxylic acids is 3. The second kappa shape index (κ2) is 34.2. The van der Waals surface area contributed by atoms with Gasteiger partial charge in [0.05, 0.1) is 13.2 Å². The van der Waals surface area contributed by atoms with Crippen LogP contribution in [0.5, 0.6) is 17.2 Å². The van der Waals surface area contributed by atoms with Crippen molar-refractivity contribution < 1.29 is 47.9 Å². The van der Waals surface area contributed by atoms with Crippen molar-refractivity contribution in [3.63, 3.8) is 0 Å². The normalized spacial score (nSPS) is 28.8. The fourth-order valence-corrected chi connectivity index (χ4v) is 12.7. The molecule has 0 aromatic heterocycles. The topological polar surface area (TPSA) is 137 Å². The number of aliphatic hydroxyl groups is 1. The molecule has 0 spiro atoms. The van der Waals surface area contributed by atoms with E-state index in [9.17, 15) is 19.5 Å². The highest BCUT2D eigenvalue weighted by molar-refractivity contribution is 6.12. The Labute approximate surface area is 459 Å². The number of carbonyl (C=O) groups is 3. The lowest BCUT2D eigenvalue weighted by molar-refractivity contribution is -0.147. The Bertz CT molecular complexity index is 1930. The second-order valence-electron chi connectivity index (χ2n) is 21.6. The van der Waals surface area contributed by atoms with Crippen LogP contribution in [0.3, 0.4) is 0 Å². The number of para-hydroxylation sites is 3. The van der Waals surface area contributed by atoms with Crippen LogP contribution in [0.15, 0.2) is 103 Å². The van der Waals surface area contributed by atoms with E-state index in [2.05, 4.69) is 13.8 Å². The van der Waals surface area contributed by atoms with Gasteiger partial charge in [0, 0.05) is 25.1 Å². The Morgan fingerprint density at radius 1 is 0.553 bits per heavy atom. The number of unbranched alkanes of at least 4 members (excludes halogenated alkanes) is 2. The second-order valence-corrected chi connectivity index (χ2v) is 21.6. The standard InChI is InChI=1S/C19H23NO6.2C11H18.2C9H10O2.2C2H6.2CH4/c21-15(13-25-16-7-3-1-4-8-16)14-26-19(24)9-5-2-6-12-20-17(22)10-11-18(20)23;2*1-7-4-10-8-2-3-9(6-8)11(10)5-7;2*1-2-4-8(5-3-1)10-6-9-7-11-9;2*1-2;;/h1,3-4,7-8,10-11,15,21H,2,5-6,9,12-14H2;2*7-11H,2-6H2,1H3;2*1-5,9H,6-7H2;2*1-2H3;2*1H4. The fourth-order valence-electron chi connectivity index (χ4n) is 12.7. The van der Waals surface area contributed by atoms with Crippen molar-refractivity contribution >= 4 is 17.8 Å². The van der Waals surface area contributed by atoms with E-state index < -0.39 is 12.1 Å². The Hall–Kier alpha value is -4.71. The quantitative estimate of drug-likeness (QED) is 0.0602. The lowest BCUT2D eigenvalue weighted by Gasteiger charge is -2.23. The highest BCUT2D eigenvalue weighted by atomic mass is 16.6. The third-order valence-electron chi connectivity index (χ3n) is 16.2. The molecule has 3 heterocycles. The number of esters is 1. The fraction of sp³-hybridized carbons (Fsp3) is 0.646. The zero-order valence-electron chi connectivity index (χ0n) is 45.7. The maximum absolute atomic E-state index is 11.6. The first-order valence-corrected chi connectivity index (χ1v) is 28.8. The minimum absolute atomic E-state index is 0. The number of hydrogen-bond acceptors (Lipinski definition) is 10. The number of nitrogens with zero attached hydrogens (tertiary/aromatic N) is 1. The molecule has 3 aromatic rings. The molecule has 9 aliphatic rings. The summed E-state index contributed by atoms with van der Waals surface area (Å²) in [4.78, 5) is 35.5. The molecule has 2 amide bonds. The van der Waals surface area contributed by atoms with Crippen LogP contribution in [0.25, 0.3) is 0 Å². The Balaban J connectivity index is 0.000000211. The van der Waals surface area contributed by atoms with E-state index in [1.165, 1.54) is 64.4 Å². The van der Waals surface area contributed by atoms with Crippen LogP contribution in [0.1, 0.15) is 146 Å². The smallest absolute Gasteiger partial charge is 0.305 e. The molecule has 4 bridgehead atoms. The van der Waals surface area contributed by atoms with E-state index in [0.717, 1.165) is 36.5 Å². The molecule has 11 unspecified atom stereocenters. The van der Waals surface area contributed by atoms with Crippen molar-refractivity contribution in [1.82, 2.24) is 4.90 Å². The molecular weight excluding hydrogens is 955 g/mol. The Kier molecular flexibility index (Phi) is 28.7. The summed E-state index contributed by atoms with van der Waals surface area (Å²) < 4.78 is 31.2. The minimum Gasteiger partial charge on any atom is -0.491 e. The number of rotatable bonds is 17. The van der Waals surface area contributed by atoms with E-state index in [1.54, 1.807) is 76.3 Å². The van der Waals surface area contributed by atoms with E-state index in [4.69, 9.17) is 28.4 Å². The molecule has 11 heteroatoms. The molecule has 11 nitrogen and oxygen atoms in total. The maximum atomic E-state index is 11.6. The van der Waals surface area contributed by atoms with Crippen LogP contribution in [0.2, 0.25) is 0 Å². The molecule has 424 valence electrons. The molecule has 12 rings (SSSR count). The van der Waals surface area contributed by atoms with Gasteiger partial charge in [-0.25, -0.2) is 0 Å². The van der Waals surface area contributed by atoms with Crippen molar-refractivity contribution in [1.29, 1.82) is 0 Å². The molecule has 11 atom stereocenters. The van der Waals surface area contributed by atoms with Gasteiger partial charge in [0.15, 0.2) is 0 Å². The number of benzene rings is 3. The monoisotopic (exact) mass is 1050 g/mol. The largest absolute Gasteiger partial charge is 0.491 e. The number of amides is 2. The molecule has 2 saturated heterocycles. The van der Waals surface area contributed by atoms with Gasteiger partial charge < -0.3 is 33.5 Å². The first-order chi connectivity index (χ1) is 36.1. The van der Waals surface area contributed by atoms with Gasteiger partial charge in [-0.1, -0.05) is 117 Å². The van der Waals surface area contributed by atoms with Gasteiger partial charge >= 0.3 is 5.97 Å². The van der Waals surface area contributed by atoms with Gasteiger partial charge in [0.2, 0.25) is 0 Å². The number of hydrogen-bond donors (Lipinski definition) is 1. The summed E-state index contributed by atoms with van der Waals surface area (Å²) in [5, 5.41) is 9.76. The van der Waals surface area contributed by atoms with Gasteiger partial charge in [0.1, 0.15) is 62.0 Å². The number of epoxide rings is 2. The van der Waals surface area contributed by atoms with E-state index >= 15 is 0 Å². The zero-order valence-corrected chi connectivity index (χ0v) is 45.7. The van der Waals surface area contributed by atoms with Gasteiger partial charge in [-0.3, -0.25) is 19.3 Å². The highest BCUT2D eigenvalue weighted by Gasteiger charge is 2.51. The summed E-state index contributed by atoms with van der Waals surface area (Å²) in [6, 6.07) is 28.6. The SMILES string of the molecule is C.C.CC.CC.CC1CC2C3CCC(C3)C2C1.CC1CC2C3CCC(C3)C2C1.O=C(CCCCCN1C(=O)C=CC1=O)OCC(O)COc1ccccc1.c1ccc(OCC2CO2)cc1.c1ccc(OCC2CO2)cc1. The summed E-state index contributed by atoms with van der Waals surface area (Å²) in [6.45, 7) is 16.3. The molecule has 0 radical (unpaired) electrons. The van der Waals surface area contributed by atoms with Crippen molar-refractivity contribution in [2.45, 2.75) is 165 Å². The Morgan fingerprint density at radius 2 is 0.921 bits per heavy atom. The molecule has 8 fully saturated rings. The number of ether oxygens (including phenoxy) is 6. The predicted octanol–water partition coefficient (Wildman–Crippen LogP) is 13.9. The van der Waals surface area contributed by atoms with E-state index in [1.807, 2.05) is 107 Å². The number of fused-ring (bicyclic) bond motifs is 10. The summed E-state index contributed by atoms with van der Waals surface area (Å²) in [5.41, 5.74) is 0. The van der Waals surface area contributed by atoms with Crippen LogP contribution in [0, 0.1) is 59.2 Å². The van der Waals surface area contributed by atoms with Crippen LogP contribution in [-0.2, 0) is 28.6 Å². The van der Waals surface area contributed by atoms with Gasteiger partial charge in [0.25, 0.3) is 11.8 Å². The zero-order chi connectivity index (χ0) is 52.7. The highest BCUT2D eigenvalue weighted by Crippen LogP contribution is 2.61. The summed E-state index contributed by atoms with van der Waals surface area (Å²) in [5.74, 6) is 13.1. The predicted molar refractivity (Wildman–Crippen MR) is 305 cm³/mol. The molecule has 1 N–H and O–H groups in total. The van der Waals surface area contributed by atoms with Crippen LogP contribution >= 0.6 is 0 Å². The van der Waals surface area contributed by atoms with Crippen LogP contribution < -0.4 is 14.2 Å². The summed E-state index contributed by atoms with van der Waals surface area (Å²) in [7, 11) is 0. The number of aliphatic hydroxyl groups excluding tert-OH is 1. The average Bonchev–Trinajstić information content (AvgIpc) is 3.94. The first kappa shape index (κ1) is 63.8. The van der Waals surface area contributed by atoms with Gasteiger partial charge in [-0.15, -0.1) is 0 Å². The van der Waals surface area contributed by atoms with Gasteiger partial charge in [-0.2, -0.15) is 0 Å². The van der Waals surface area contributed by atoms with Crippen molar-refractivity contribution in [2.75, 3.05) is 46.2 Å². The van der Waals surface area contributed by atoms with Crippen LogP contribution in [-0.4, -0.2) is 92.3 Å². The lowest BCUT2D eigenvalue weighted by atomic mass is 9.82. The van der Waals surface area contributed by atoms with E-state index in [0.29, 0.717) is 57.0 Å². The number of imide groups is 1. The molecular formula is C65H99NO10. The Morgan fingerprint density at radius 3 is 1.29 bits per heavy atom. The molecule has 76 heavy (non-hydrogen) atoms. The third kappa shape index (κ3) is 20.9. The lowest BCUT2D eigenvalue weighted by Crippen LogP contribution is -2.30. The van der Waals surface area contributed by atoms with Crippen molar-refractivity contribution in [2.24, 2.45) is 59.2 Å². The summed E-state index contributed by atoms with van der Waals surface area (Å²) >= 11 is 0. The van der Waals surface area contributed by atoms with Crippen molar-refractivity contribution in [3.8, 4) is 17.2 Å². The molecule has 6 aliphatic carbocycles. The first-order valence-electron chi connectivity index (χ1n) is 28.8. The maximum Gasteiger partial charge on any atom is 0.305 e. The van der Waals surface area contributed by atoms with Crippen molar-refractivity contribution in [3.05, 3.63) is 103 Å². The average molecular weight is 1050 g/mol. The molecule has 3 aromatic carbocycles. The third-order valence-corrected chi connectivity index (χ3v) is 16.2. The molecule has 3 aliphatic heterocycles. The van der Waals surface area contributed by atoms with E-state index in [-0.39, 0.29) is 46.3 Å². The van der Waals surface area contributed by atoms with Crippen LogP contribution in [0.4, 0.5) is 0 Å².